The Balaban J connectivity index is 1.82. The van der Waals surface area contributed by atoms with Crippen LogP contribution in [0.1, 0.15) is 17.5 Å². The largest absolute Gasteiger partial charge is 0.340 e. The zero-order chi connectivity index (χ0) is 15.2. The predicted octanol–water partition coefficient (Wildman–Crippen LogP) is 0.592. The van der Waals surface area contributed by atoms with Crippen molar-refractivity contribution >= 4 is 5.91 Å². The van der Waals surface area contributed by atoms with E-state index in [2.05, 4.69) is 18.0 Å². The summed E-state index contributed by atoms with van der Waals surface area (Å²) in [6.45, 7) is 3.44. The number of hydrogen-bond donors (Lipinski definition) is 1. The SMILES string of the molecule is CN1CCN(C(=O)CC(N)Cc2ccc(C#N)cc2)CC1. The van der Waals surface area contributed by atoms with E-state index in [9.17, 15) is 4.79 Å². The Hall–Kier alpha value is -1.90. The van der Waals surface area contributed by atoms with Crippen molar-refractivity contribution in [1.29, 1.82) is 5.26 Å². The molecule has 21 heavy (non-hydrogen) atoms. The Bertz CT molecular complexity index is 512. The third-order valence-electron chi connectivity index (χ3n) is 3.87. The number of nitriles is 1. The maximum absolute atomic E-state index is 12.2. The number of benzene rings is 1. The first-order valence-corrected chi connectivity index (χ1v) is 7.29. The standard InChI is InChI=1S/C16H22N4O/c1-19-6-8-20(9-7-19)16(21)11-15(18)10-13-2-4-14(12-17)5-3-13/h2-5,15H,6-11,18H2,1H3. The number of carbonyl (C=O) groups excluding carboxylic acids is 1. The number of piperazine rings is 1. The van der Waals surface area contributed by atoms with Gasteiger partial charge in [0.2, 0.25) is 5.91 Å². The smallest absolute Gasteiger partial charge is 0.224 e. The maximum Gasteiger partial charge on any atom is 0.224 e. The van der Waals surface area contributed by atoms with E-state index in [1.165, 1.54) is 0 Å². The van der Waals surface area contributed by atoms with Gasteiger partial charge in [0.15, 0.2) is 0 Å². The van der Waals surface area contributed by atoms with E-state index in [1.807, 2.05) is 17.0 Å². The highest BCUT2D eigenvalue weighted by Gasteiger charge is 2.20. The Kier molecular flexibility index (Phi) is 5.32. The van der Waals surface area contributed by atoms with Crippen LogP contribution < -0.4 is 5.73 Å². The van der Waals surface area contributed by atoms with E-state index in [0.29, 0.717) is 18.4 Å². The van der Waals surface area contributed by atoms with Crippen LogP contribution >= 0.6 is 0 Å². The summed E-state index contributed by atoms with van der Waals surface area (Å²) in [5, 5.41) is 8.76. The molecule has 1 aromatic rings. The van der Waals surface area contributed by atoms with Crippen LogP contribution in [0.15, 0.2) is 24.3 Å². The molecule has 1 unspecified atom stereocenters. The van der Waals surface area contributed by atoms with Crippen LogP contribution in [0.5, 0.6) is 0 Å². The fraction of sp³-hybridized carbons (Fsp3) is 0.500. The van der Waals surface area contributed by atoms with Gasteiger partial charge in [0.25, 0.3) is 0 Å². The summed E-state index contributed by atoms with van der Waals surface area (Å²) < 4.78 is 0. The van der Waals surface area contributed by atoms with Crippen molar-refractivity contribution in [3.8, 4) is 6.07 Å². The molecule has 0 bridgehead atoms. The van der Waals surface area contributed by atoms with Crippen molar-refractivity contribution in [2.45, 2.75) is 18.9 Å². The minimum Gasteiger partial charge on any atom is -0.340 e. The molecule has 0 aromatic heterocycles. The van der Waals surface area contributed by atoms with Gasteiger partial charge in [0.05, 0.1) is 11.6 Å². The van der Waals surface area contributed by atoms with Gasteiger partial charge in [-0.25, -0.2) is 0 Å². The fourth-order valence-electron chi connectivity index (χ4n) is 2.50. The van der Waals surface area contributed by atoms with Crippen LogP contribution in [0.25, 0.3) is 0 Å². The Morgan fingerprint density at radius 2 is 1.90 bits per heavy atom. The summed E-state index contributed by atoms with van der Waals surface area (Å²) >= 11 is 0. The molecule has 5 nitrogen and oxygen atoms in total. The van der Waals surface area contributed by atoms with Gasteiger partial charge in [-0.15, -0.1) is 0 Å². The van der Waals surface area contributed by atoms with E-state index in [4.69, 9.17) is 11.0 Å². The van der Waals surface area contributed by atoms with Gasteiger partial charge in [0.1, 0.15) is 0 Å². The van der Waals surface area contributed by atoms with Crippen LogP contribution in [0.3, 0.4) is 0 Å². The summed E-state index contributed by atoms with van der Waals surface area (Å²) in [6.07, 6.45) is 1.04. The average molecular weight is 286 g/mol. The number of nitrogens with two attached hydrogens (primary N) is 1. The molecule has 2 rings (SSSR count). The summed E-state index contributed by atoms with van der Waals surface area (Å²) in [4.78, 5) is 16.3. The van der Waals surface area contributed by atoms with Gasteiger partial charge in [-0.05, 0) is 31.2 Å². The zero-order valence-electron chi connectivity index (χ0n) is 12.5. The van der Waals surface area contributed by atoms with Gasteiger partial charge in [0, 0.05) is 38.6 Å². The van der Waals surface area contributed by atoms with Crippen molar-refractivity contribution in [2.24, 2.45) is 5.73 Å². The lowest BCUT2D eigenvalue weighted by Gasteiger charge is -2.33. The quantitative estimate of drug-likeness (QED) is 0.879. The molecule has 112 valence electrons. The Morgan fingerprint density at radius 3 is 2.48 bits per heavy atom. The minimum absolute atomic E-state index is 0.143. The predicted molar refractivity (Wildman–Crippen MR) is 81.5 cm³/mol. The molecule has 1 amide bonds. The zero-order valence-corrected chi connectivity index (χ0v) is 12.5. The lowest BCUT2D eigenvalue weighted by molar-refractivity contribution is -0.133. The molecule has 1 aromatic carbocycles. The molecule has 0 radical (unpaired) electrons. The van der Waals surface area contributed by atoms with Crippen LogP contribution in [0.2, 0.25) is 0 Å². The monoisotopic (exact) mass is 286 g/mol. The molecule has 5 heteroatoms. The number of hydrogen-bond acceptors (Lipinski definition) is 4. The molecule has 0 spiro atoms. The first-order valence-electron chi connectivity index (χ1n) is 7.29. The van der Waals surface area contributed by atoms with Crippen LogP contribution in [-0.2, 0) is 11.2 Å². The Morgan fingerprint density at radius 1 is 1.29 bits per heavy atom. The van der Waals surface area contributed by atoms with E-state index >= 15 is 0 Å². The molecule has 0 saturated carbocycles. The van der Waals surface area contributed by atoms with Crippen molar-refractivity contribution in [1.82, 2.24) is 9.80 Å². The fourth-order valence-corrected chi connectivity index (χ4v) is 2.50. The second-order valence-corrected chi connectivity index (χ2v) is 5.66. The van der Waals surface area contributed by atoms with Gasteiger partial charge >= 0.3 is 0 Å². The van der Waals surface area contributed by atoms with E-state index in [-0.39, 0.29) is 11.9 Å². The third kappa shape index (κ3) is 4.55. The molecule has 1 fully saturated rings. The Labute approximate surface area is 125 Å². The van der Waals surface area contributed by atoms with Crippen molar-refractivity contribution in [3.63, 3.8) is 0 Å². The van der Waals surface area contributed by atoms with E-state index in [1.54, 1.807) is 12.1 Å². The second-order valence-electron chi connectivity index (χ2n) is 5.66. The number of likely N-dealkylation sites (N-methyl/N-ethyl adjacent to an activating group) is 1. The van der Waals surface area contributed by atoms with Gasteiger partial charge < -0.3 is 15.5 Å². The van der Waals surface area contributed by atoms with E-state index in [0.717, 1.165) is 31.7 Å². The van der Waals surface area contributed by atoms with Gasteiger partial charge in [-0.3, -0.25) is 4.79 Å². The molecule has 1 heterocycles. The number of nitrogens with zero attached hydrogens (tertiary/aromatic N) is 3. The van der Waals surface area contributed by atoms with Crippen molar-refractivity contribution < 1.29 is 4.79 Å². The summed E-state index contributed by atoms with van der Waals surface area (Å²) in [5.74, 6) is 0.143. The summed E-state index contributed by atoms with van der Waals surface area (Å²) in [5.41, 5.74) is 7.79. The third-order valence-corrected chi connectivity index (χ3v) is 3.87. The highest BCUT2D eigenvalue weighted by atomic mass is 16.2. The first-order chi connectivity index (χ1) is 10.1. The van der Waals surface area contributed by atoms with Crippen molar-refractivity contribution in [3.05, 3.63) is 35.4 Å². The highest BCUT2D eigenvalue weighted by molar-refractivity contribution is 5.77. The van der Waals surface area contributed by atoms with Gasteiger partial charge in [-0.2, -0.15) is 5.26 Å². The second kappa shape index (κ2) is 7.21. The van der Waals surface area contributed by atoms with E-state index < -0.39 is 0 Å². The summed E-state index contributed by atoms with van der Waals surface area (Å²) in [7, 11) is 2.07. The van der Waals surface area contributed by atoms with Gasteiger partial charge in [-0.1, -0.05) is 12.1 Å². The average Bonchev–Trinajstić information content (AvgIpc) is 2.48. The topological polar surface area (TPSA) is 73.4 Å². The first kappa shape index (κ1) is 15.5. The lowest BCUT2D eigenvalue weighted by Crippen LogP contribution is -2.48. The molecule has 1 atom stereocenters. The molecule has 1 aliphatic rings. The normalized spacial score (nSPS) is 17.3. The number of carbonyl (C=O) groups is 1. The minimum atomic E-state index is -0.176. The lowest BCUT2D eigenvalue weighted by atomic mass is 10.0. The summed E-state index contributed by atoms with van der Waals surface area (Å²) in [6, 6.07) is 9.28. The molecule has 1 aliphatic heterocycles. The highest BCUT2D eigenvalue weighted by Crippen LogP contribution is 2.09. The molecule has 2 N–H and O–H groups in total. The molecular weight excluding hydrogens is 264 g/mol. The van der Waals surface area contributed by atoms with Crippen molar-refractivity contribution in [2.75, 3.05) is 33.2 Å². The molecule has 0 aliphatic carbocycles. The van der Waals surface area contributed by atoms with Crippen LogP contribution in [-0.4, -0.2) is 55.0 Å². The molecule has 1 saturated heterocycles. The number of rotatable bonds is 4. The van der Waals surface area contributed by atoms with Crippen LogP contribution in [0, 0.1) is 11.3 Å². The number of amides is 1. The maximum atomic E-state index is 12.2. The molecular formula is C16H22N4O. The van der Waals surface area contributed by atoms with Crippen LogP contribution in [0.4, 0.5) is 0 Å².